The number of rotatable bonds is 4. The van der Waals surface area contributed by atoms with Crippen molar-refractivity contribution < 1.29 is 9.53 Å². The number of anilines is 1. The number of carbonyl (C=O) groups excluding carboxylic acids is 1. The summed E-state index contributed by atoms with van der Waals surface area (Å²) in [5, 5.41) is 3.62. The highest BCUT2D eigenvalue weighted by Crippen LogP contribution is 2.30. The van der Waals surface area contributed by atoms with E-state index >= 15 is 0 Å². The van der Waals surface area contributed by atoms with Crippen molar-refractivity contribution in [1.29, 1.82) is 0 Å². The first-order chi connectivity index (χ1) is 11.2. The summed E-state index contributed by atoms with van der Waals surface area (Å²) in [6.07, 6.45) is 0. The Bertz CT molecular complexity index is 725. The lowest BCUT2D eigenvalue weighted by Crippen LogP contribution is -2.23. The number of hydrogen-bond donors (Lipinski definition) is 1. The summed E-state index contributed by atoms with van der Waals surface area (Å²) < 4.78 is 5.71. The Hall–Kier alpha value is -2.00. The maximum absolute atomic E-state index is 12.3. The molecule has 0 aliphatic rings. The Labute approximate surface area is 149 Å². The summed E-state index contributed by atoms with van der Waals surface area (Å²) in [5.41, 5.74) is 3.71. The smallest absolute Gasteiger partial charge is 0.262 e. The minimum absolute atomic E-state index is 0.0399. The molecule has 0 bridgehead atoms. The monoisotopic (exact) mass is 345 g/mol. The number of para-hydroxylation sites is 1. The SMILES string of the molecule is Cc1cc(Cl)cc(C)c1OCC(=O)Nc1ccccc1C(C)(C)C. The van der Waals surface area contributed by atoms with Crippen molar-refractivity contribution in [1.82, 2.24) is 0 Å². The molecule has 1 amide bonds. The van der Waals surface area contributed by atoms with Crippen LogP contribution >= 0.6 is 11.6 Å². The van der Waals surface area contributed by atoms with Gasteiger partial charge in [-0.2, -0.15) is 0 Å². The third-order valence-electron chi connectivity index (χ3n) is 3.78. The maximum Gasteiger partial charge on any atom is 0.262 e. The van der Waals surface area contributed by atoms with Gasteiger partial charge in [-0.05, 0) is 54.2 Å². The molecule has 2 aromatic rings. The number of carbonyl (C=O) groups is 1. The van der Waals surface area contributed by atoms with E-state index in [-0.39, 0.29) is 17.9 Å². The van der Waals surface area contributed by atoms with Crippen molar-refractivity contribution in [2.75, 3.05) is 11.9 Å². The zero-order valence-corrected chi connectivity index (χ0v) is 15.6. The summed E-state index contributed by atoms with van der Waals surface area (Å²) in [4.78, 5) is 12.3. The standard InChI is InChI=1S/C20H24ClNO2/c1-13-10-15(21)11-14(2)19(13)24-12-18(23)22-17-9-7-6-8-16(17)20(3,4)5/h6-11H,12H2,1-5H3,(H,22,23). The largest absolute Gasteiger partial charge is 0.483 e. The third kappa shape index (κ3) is 4.51. The van der Waals surface area contributed by atoms with Crippen LogP contribution in [-0.4, -0.2) is 12.5 Å². The van der Waals surface area contributed by atoms with Gasteiger partial charge in [-0.1, -0.05) is 50.6 Å². The van der Waals surface area contributed by atoms with E-state index in [4.69, 9.17) is 16.3 Å². The Kier molecular flexibility index (Phi) is 5.55. The molecular formula is C20H24ClNO2. The highest BCUT2D eigenvalue weighted by atomic mass is 35.5. The Morgan fingerprint density at radius 2 is 1.71 bits per heavy atom. The van der Waals surface area contributed by atoms with Gasteiger partial charge in [-0.3, -0.25) is 4.79 Å². The highest BCUT2D eigenvalue weighted by molar-refractivity contribution is 6.30. The minimum Gasteiger partial charge on any atom is -0.483 e. The van der Waals surface area contributed by atoms with Gasteiger partial charge < -0.3 is 10.1 Å². The molecule has 0 fully saturated rings. The molecule has 2 rings (SSSR count). The number of halogens is 1. The van der Waals surface area contributed by atoms with Gasteiger partial charge in [-0.15, -0.1) is 0 Å². The van der Waals surface area contributed by atoms with E-state index in [0.717, 1.165) is 22.4 Å². The molecule has 4 heteroatoms. The van der Waals surface area contributed by atoms with Crippen molar-refractivity contribution in [3.63, 3.8) is 0 Å². The molecule has 0 aliphatic carbocycles. The summed E-state index contributed by atoms with van der Waals surface area (Å²) in [6.45, 7) is 10.2. The Morgan fingerprint density at radius 1 is 1.12 bits per heavy atom. The van der Waals surface area contributed by atoms with Crippen molar-refractivity contribution in [3.05, 3.63) is 58.1 Å². The van der Waals surface area contributed by atoms with Crippen molar-refractivity contribution in [2.24, 2.45) is 0 Å². The van der Waals surface area contributed by atoms with Crippen LogP contribution in [0, 0.1) is 13.8 Å². The fourth-order valence-corrected chi connectivity index (χ4v) is 3.02. The van der Waals surface area contributed by atoms with Crippen LogP contribution in [0.15, 0.2) is 36.4 Å². The number of nitrogens with one attached hydrogen (secondary N) is 1. The first kappa shape index (κ1) is 18.3. The second kappa shape index (κ2) is 7.27. The van der Waals surface area contributed by atoms with Gasteiger partial charge in [0.25, 0.3) is 5.91 Å². The molecular weight excluding hydrogens is 322 g/mol. The van der Waals surface area contributed by atoms with Crippen LogP contribution in [0.25, 0.3) is 0 Å². The first-order valence-corrected chi connectivity index (χ1v) is 8.35. The summed E-state index contributed by atoms with van der Waals surface area (Å²) in [5.74, 6) is 0.527. The molecule has 0 aliphatic heterocycles. The van der Waals surface area contributed by atoms with Crippen molar-refractivity contribution >= 4 is 23.2 Å². The van der Waals surface area contributed by atoms with E-state index < -0.39 is 0 Å². The predicted molar refractivity (Wildman–Crippen MR) is 100 cm³/mol. The molecule has 0 saturated heterocycles. The lowest BCUT2D eigenvalue weighted by molar-refractivity contribution is -0.118. The molecule has 0 radical (unpaired) electrons. The van der Waals surface area contributed by atoms with Gasteiger partial charge >= 0.3 is 0 Å². The molecule has 0 aromatic heterocycles. The molecule has 3 nitrogen and oxygen atoms in total. The second-order valence-electron chi connectivity index (χ2n) is 7.00. The van der Waals surface area contributed by atoms with Gasteiger partial charge in [-0.25, -0.2) is 0 Å². The van der Waals surface area contributed by atoms with Crippen LogP contribution in [0.4, 0.5) is 5.69 Å². The molecule has 0 unspecified atom stereocenters. The quantitative estimate of drug-likeness (QED) is 0.819. The van der Waals surface area contributed by atoms with Crippen LogP contribution in [-0.2, 0) is 10.2 Å². The molecule has 0 saturated carbocycles. The zero-order chi connectivity index (χ0) is 17.9. The van der Waals surface area contributed by atoms with Crippen LogP contribution in [0.3, 0.4) is 0 Å². The predicted octanol–water partition coefficient (Wildman–Crippen LogP) is 5.27. The average molecular weight is 346 g/mol. The topological polar surface area (TPSA) is 38.3 Å². The van der Waals surface area contributed by atoms with Gasteiger partial charge in [0, 0.05) is 10.7 Å². The molecule has 2 aromatic carbocycles. The minimum atomic E-state index is -0.180. The molecule has 0 atom stereocenters. The molecule has 0 heterocycles. The summed E-state index contributed by atoms with van der Waals surface area (Å²) in [6, 6.07) is 11.5. The fraction of sp³-hybridized carbons (Fsp3) is 0.350. The first-order valence-electron chi connectivity index (χ1n) is 7.97. The summed E-state index contributed by atoms with van der Waals surface area (Å²) >= 11 is 6.02. The molecule has 1 N–H and O–H groups in total. The lowest BCUT2D eigenvalue weighted by Gasteiger charge is -2.23. The van der Waals surface area contributed by atoms with Crippen LogP contribution in [0.5, 0.6) is 5.75 Å². The van der Waals surface area contributed by atoms with Crippen LogP contribution in [0.2, 0.25) is 5.02 Å². The lowest BCUT2D eigenvalue weighted by atomic mass is 9.86. The van der Waals surface area contributed by atoms with E-state index in [2.05, 4.69) is 26.1 Å². The molecule has 128 valence electrons. The van der Waals surface area contributed by atoms with Crippen LogP contribution in [0.1, 0.15) is 37.5 Å². The van der Waals surface area contributed by atoms with E-state index in [1.165, 1.54) is 0 Å². The number of aryl methyl sites for hydroxylation is 2. The molecule has 24 heavy (non-hydrogen) atoms. The van der Waals surface area contributed by atoms with E-state index in [9.17, 15) is 4.79 Å². The van der Waals surface area contributed by atoms with Crippen LogP contribution < -0.4 is 10.1 Å². The Balaban J connectivity index is 2.08. The number of ether oxygens (including phenoxy) is 1. The van der Waals surface area contributed by atoms with Gasteiger partial charge in [0.05, 0.1) is 0 Å². The second-order valence-corrected chi connectivity index (χ2v) is 7.44. The van der Waals surface area contributed by atoms with Gasteiger partial charge in [0.2, 0.25) is 0 Å². The van der Waals surface area contributed by atoms with Crippen molar-refractivity contribution in [3.8, 4) is 5.75 Å². The third-order valence-corrected chi connectivity index (χ3v) is 4.00. The van der Waals surface area contributed by atoms with Crippen molar-refractivity contribution in [2.45, 2.75) is 40.0 Å². The normalized spacial score (nSPS) is 11.2. The fourth-order valence-electron chi connectivity index (χ4n) is 2.70. The van der Waals surface area contributed by atoms with Gasteiger partial charge in [0.15, 0.2) is 6.61 Å². The van der Waals surface area contributed by atoms with E-state index in [0.29, 0.717) is 10.8 Å². The maximum atomic E-state index is 12.3. The zero-order valence-electron chi connectivity index (χ0n) is 14.9. The Morgan fingerprint density at radius 3 is 2.29 bits per heavy atom. The number of hydrogen-bond acceptors (Lipinski definition) is 2. The number of benzene rings is 2. The molecule has 0 spiro atoms. The van der Waals surface area contributed by atoms with E-state index in [1.807, 2.05) is 50.2 Å². The number of amides is 1. The van der Waals surface area contributed by atoms with Gasteiger partial charge in [0.1, 0.15) is 5.75 Å². The highest BCUT2D eigenvalue weighted by Gasteiger charge is 2.18. The summed E-state index contributed by atoms with van der Waals surface area (Å²) in [7, 11) is 0. The van der Waals surface area contributed by atoms with E-state index in [1.54, 1.807) is 0 Å². The average Bonchev–Trinajstić information content (AvgIpc) is 2.45.